The molecule has 3 nitrogen and oxygen atoms in total. The Morgan fingerprint density at radius 2 is 1.52 bits per heavy atom. The van der Waals surface area contributed by atoms with E-state index in [4.69, 9.17) is 4.74 Å². The predicted molar refractivity (Wildman–Crippen MR) is 108 cm³/mol. The van der Waals surface area contributed by atoms with Crippen LogP contribution in [0.1, 0.15) is 96.8 Å². The lowest BCUT2D eigenvalue weighted by Gasteiger charge is -2.13. The van der Waals surface area contributed by atoms with E-state index in [9.17, 15) is 5.11 Å². The third kappa shape index (κ3) is 12.2. The van der Waals surface area contributed by atoms with E-state index in [1.165, 1.54) is 83.5 Å². The number of aliphatic hydroxyl groups excluding tert-OH is 1. The predicted octanol–water partition coefficient (Wildman–Crippen LogP) is 6.06. The number of aliphatic imine (C=N–C) groups is 1. The van der Waals surface area contributed by atoms with E-state index in [-0.39, 0.29) is 12.5 Å². The molecule has 146 valence electrons. The highest BCUT2D eigenvalue weighted by atomic mass is 16.5. The summed E-state index contributed by atoms with van der Waals surface area (Å²) in [4.78, 5) is 4.32. The normalized spacial score (nSPS) is 15.5. The Bertz CT molecular complexity index is 352. The lowest BCUT2D eigenvalue weighted by Crippen LogP contribution is -2.18. The largest absolute Gasteiger partial charge is 0.479 e. The molecule has 0 spiro atoms. The molecule has 1 aliphatic rings. The number of ether oxygens (including phenoxy) is 1. The van der Waals surface area contributed by atoms with Crippen molar-refractivity contribution >= 4 is 5.90 Å². The fraction of sp³-hybridized carbons (Fsp3) is 0.864. The molecule has 0 aromatic carbocycles. The van der Waals surface area contributed by atoms with Gasteiger partial charge in [0.1, 0.15) is 6.61 Å². The standard InChI is InChI=1S/C22H41NO2/c1-2-3-4-5-6-7-8-9-10-11-12-13-14-15-16-17-21(20-24)22-23-18-19-25-22/h9-10,21,24H,2-8,11-20H2,1H3. The van der Waals surface area contributed by atoms with Gasteiger partial charge in [0.25, 0.3) is 0 Å². The Kier molecular flexibility index (Phi) is 14.8. The molecule has 1 heterocycles. The molecule has 0 fully saturated rings. The zero-order valence-corrected chi connectivity index (χ0v) is 16.6. The van der Waals surface area contributed by atoms with Crippen molar-refractivity contribution < 1.29 is 9.84 Å². The molecule has 3 heteroatoms. The lowest BCUT2D eigenvalue weighted by atomic mass is 10.0. The van der Waals surface area contributed by atoms with Crippen LogP contribution in [0.5, 0.6) is 0 Å². The highest BCUT2D eigenvalue weighted by molar-refractivity contribution is 5.79. The highest BCUT2D eigenvalue weighted by Gasteiger charge is 2.19. The zero-order valence-electron chi connectivity index (χ0n) is 16.6. The molecule has 0 bridgehead atoms. The maximum atomic E-state index is 9.43. The van der Waals surface area contributed by atoms with Gasteiger partial charge in [-0.05, 0) is 32.1 Å². The van der Waals surface area contributed by atoms with Crippen LogP contribution < -0.4 is 0 Å². The summed E-state index contributed by atoms with van der Waals surface area (Å²) in [5.74, 6) is 0.922. The van der Waals surface area contributed by atoms with Crippen LogP contribution in [0.2, 0.25) is 0 Å². The molecule has 1 atom stereocenters. The van der Waals surface area contributed by atoms with Gasteiger partial charge in [-0.25, -0.2) is 0 Å². The first-order valence-electron chi connectivity index (χ1n) is 10.8. The maximum Gasteiger partial charge on any atom is 0.188 e. The first kappa shape index (κ1) is 22.2. The van der Waals surface area contributed by atoms with Gasteiger partial charge in [-0.1, -0.05) is 76.9 Å². The molecule has 0 aromatic heterocycles. The van der Waals surface area contributed by atoms with Crippen molar-refractivity contribution in [3.63, 3.8) is 0 Å². The first-order chi connectivity index (χ1) is 12.4. The number of nitrogens with zero attached hydrogens (tertiary/aromatic N) is 1. The fourth-order valence-electron chi connectivity index (χ4n) is 3.35. The van der Waals surface area contributed by atoms with Crippen molar-refractivity contribution in [2.45, 2.75) is 96.8 Å². The number of hydrogen-bond donors (Lipinski definition) is 1. The van der Waals surface area contributed by atoms with Gasteiger partial charge in [-0.15, -0.1) is 0 Å². The molecule has 0 aliphatic carbocycles. The van der Waals surface area contributed by atoms with E-state index in [1.54, 1.807) is 0 Å². The summed E-state index contributed by atoms with van der Waals surface area (Å²) in [6, 6.07) is 0. The summed E-state index contributed by atoms with van der Waals surface area (Å²) >= 11 is 0. The number of allylic oxidation sites excluding steroid dienone is 2. The van der Waals surface area contributed by atoms with Crippen LogP contribution in [0, 0.1) is 5.92 Å². The first-order valence-corrected chi connectivity index (χ1v) is 10.8. The maximum absolute atomic E-state index is 9.43. The molecule has 0 saturated carbocycles. The quantitative estimate of drug-likeness (QED) is 0.255. The van der Waals surface area contributed by atoms with E-state index < -0.39 is 0 Å². The van der Waals surface area contributed by atoms with Crippen molar-refractivity contribution in [3.05, 3.63) is 12.2 Å². The van der Waals surface area contributed by atoms with Gasteiger partial charge >= 0.3 is 0 Å². The number of hydrogen-bond acceptors (Lipinski definition) is 3. The van der Waals surface area contributed by atoms with Crippen LogP contribution in [0.3, 0.4) is 0 Å². The van der Waals surface area contributed by atoms with Crippen LogP contribution in [0.4, 0.5) is 0 Å². The van der Waals surface area contributed by atoms with E-state index in [2.05, 4.69) is 24.1 Å². The summed E-state index contributed by atoms with van der Waals surface area (Å²) in [7, 11) is 0. The minimum Gasteiger partial charge on any atom is -0.479 e. The van der Waals surface area contributed by atoms with Crippen molar-refractivity contribution in [2.24, 2.45) is 10.9 Å². The number of rotatable bonds is 17. The SMILES string of the molecule is CCCCCCCCC=CCCCCCCCC(CO)C1=NCCO1. The zero-order chi connectivity index (χ0) is 18.0. The fourth-order valence-corrected chi connectivity index (χ4v) is 3.35. The van der Waals surface area contributed by atoms with Gasteiger partial charge in [0.2, 0.25) is 0 Å². The molecule has 0 saturated heterocycles. The molecule has 1 N–H and O–H groups in total. The summed E-state index contributed by atoms with van der Waals surface area (Å²) in [6.07, 6.45) is 23.0. The van der Waals surface area contributed by atoms with Crippen LogP contribution in [0.25, 0.3) is 0 Å². The smallest absolute Gasteiger partial charge is 0.188 e. The summed E-state index contributed by atoms with van der Waals surface area (Å²) in [5, 5.41) is 9.43. The Hall–Kier alpha value is -0.830. The second kappa shape index (κ2) is 16.6. The topological polar surface area (TPSA) is 41.8 Å². The van der Waals surface area contributed by atoms with Gasteiger partial charge in [-0.3, -0.25) is 4.99 Å². The van der Waals surface area contributed by atoms with E-state index in [0.29, 0.717) is 6.61 Å². The third-order valence-electron chi connectivity index (χ3n) is 4.99. The monoisotopic (exact) mass is 351 g/mol. The molecule has 0 radical (unpaired) electrons. The third-order valence-corrected chi connectivity index (χ3v) is 4.99. The number of aliphatic hydroxyl groups is 1. The molecular formula is C22H41NO2. The summed E-state index contributed by atoms with van der Waals surface area (Å²) in [6.45, 7) is 3.90. The second-order valence-corrected chi connectivity index (χ2v) is 7.32. The van der Waals surface area contributed by atoms with Crippen LogP contribution in [-0.4, -0.2) is 30.8 Å². The Labute approximate surface area is 156 Å². The van der Waals surface area contributed by atoms with Gasteiger partial charge in [0.05, 0.1) is 19.1 Å². The molecule has 25 heavy (non-hydrogen) atoms. The van der Waals surface area contributed by atoms with E-state index >= 15 is 0 Å². The average molecular weight is 352 g/mol. The molecule has 1 aliphatic heterocycles. The van der Waals surface area contributed by atoms with Crippen LogP contribution in [0.15, 0.2) is 17.1 Å². The Morgan fingerprint density at radius 3 is 2.08 bits per heavy atom. The van der Waals surface area contributed by atoms with Gasteiger partial charge in [0, 0.05) is 0 Å². The molecule has 0 amide bonds. The van der Waals surface area contributed by atoms with Crippen molar-refractivity contribution in [1.29, 1.82) is 0 Å². The molecule has 1 unspecified atom stereocenters. The van der Waals surface area contributed by atoms with Gasteiger partial charge < -0.3 is 9.84 Å². The van der Waals surface area contributed by atoms with Gasteiger partial charge in [-0.2, -0.15) is 0 Å². The van der Waals surface area contributed by atoms with Crippen LogP contribution in [-0.2, 0) is 4.74 Å². The highest BCUT2D eigenvalue weighted by Crippen LogP contribution is 2.16. The molecule has 1 rings (SSSR count). The molecular weight excluding hydrogens is 310 g/mol. The van der Waals surface area contributed by atoms with E-state index in [0.717, 1.165) is 18.9 Å². The second-order valence-electron chi connectivity index (χ2n) is 7.32. The van der Waals surface area contributed by atoms with Crippen molar-refractivity contribution in [1.82, 2.24) is 0 Å². The van der Waals surface area contributed by atoms with Gasteiger partial charge in [0.15, 0.2) is 5.90 Å². The Balaban J connectivity index is 1.83. The summed E-state index contributed by atoms with van der Waals surface area (Å²) < 4.78 is 5.46. The number of unbranched alkanes of at least 4 members (excludes halogenated alkanes) is 11. The van der Waals surface area contributed by atoms with Crippen molar-refractivity contribution in [2.75, 3.05) is 19.8 Å². The van der Waals surface area contributed by atoms with Crippen molar-refractivity contribution in [3.8, 4) is 0 Å². The minimum atomic E-state index is 0.132. The summed E-state index contributed by atoms with van der Waals surface area (Å²) in [5.41, 5.74) is 0. The molecule has 0 aromatic rings. The minimum absolute atomic E-state index is 0.132. The Morgan fingerprint density at radius 1 is 0.920 bits per heavy atom. The van der Waals surface area contributed by atoms with Crippen LogP contribution >= 0.6 is 0 Å². The lowest BCUT2D eigenvalue weighted by molar-refractivity contribution is 0.225. The van der Waals surface area contributed by atoms with E-state index in [1.807, 2.05) is 0 Å². The average Bonchev–Trinajstić information content (AvgIpc) is 3.16.